The fourth-order valence-electron chi connectivity index (χ4n) is 3.38. The van der Waals surface area contributed by atoms with Gasteiger partial charge in [0.2, 0.25) is 0 Å². The van der Waals surface area contributed by atoms with Crippen molar-refractivity contribution in [3.63, 3.8) is 0 Å². The molecule has 1 unspecified atom stereocenters. The maximum Gasteiger partial charge on any atom is 0.473 e. The van der Waals surface area contributed by atoms with E-state index >= 15 is 0 Å². The SMILES string of the molecule is CCN(CC)CC.Nc1ncnc2c1ncn2[C@@H]1O[C@H](CO)[C@H]2OP(=O)(O)O[C@H]21. The predicted octanol–water partition coefficient (Wildman–Crippen LogP) is 0.531. The van der Waals surface area contributed by atoms with Crippen LogP contribution in [0.5, 0.6) is 0 Å². The summed E-state index contributed by atoms with van der Waals surface area (Å²) in [7, 11) is -4.16. The molecule has 29 heavy (non-hydrogen) atoms. The lowest BCUT2D eigenvalue weighted by Gasteiger charge is -2.18. The average Bonchev–Trinajstić information content (AvgIpc) is 3.35. The Kier molecular flexibility index (Phi) is 6.84. The Labute approximate surface area is 168 Å². The number of aromatic nitrogens is 4. The van der Waals surface area contributed by atoms with Crippen molar-refractivity contribution < 1.29 is 28.3 Å². The number of fused-ring (bicyclic) bond motifs is 2. The molecule has 2 aliphatic heterocycles. The van der Waals surface area contributed by atoms with E-state index in [1.54, 1.807) is 0 Å². The Hall–Kier alpha value is -1.66. The number of nitrogens with zero attached hydrogens (tertiary/aromatic N) is 5. The number of aliphatic hydroxyl groups is 1. The van der Waals surface area contributed by atoms with Crippen LogP contribution in [0.3, 0.4) is 0 Å². The number of ether oxygens (including phenoxy) is 1. The number of imidazole rings is 1. The van der Waals surface area contributed by atoms with Crippen molar-refractivity contribution in [3.05, 3.63) is 12.7 Å². The Balaban J connectivity index is 0.000000298. The summed E-state index contributed by atoms with van der Waals surface area (Å²) in [6.45, 7) is 9.74. The van der Waals surface area contributed by atoms with E-state index in [1.165, 1.54) is 36.9 Å². The Morgan fingerprint density at radius 2 is 1.83 bits per heavy atom. The fraction of sp³-hybridized carbons (Fsp3) is 0.688. The van der Waals surface area contributed by atoms with Crippen molar-refractivity contribution in [2.45, 2.75) is 45.3 Å². The lowest BCUT2D eigenvalue weighted by Crippen LogP contribution is -2.30. The second kappa shape index (κ2) is 9.00. The normalized spacial score (nSPS) is 31.1. The van der Waals surface area contributed by atoms with Crippen LogP contribution in [-0.2, 0) is 18.3 Å². The van der Waals surface area contributed by atoms with Gasteiger partial charge in [-0.25, -0.2) is 19.5 Å². The number of nitrogen functional groups attached to an aromatic ring is 1. The molecule has 0 amide bonds. The van der Waals surface area contributed by atoms with E-state index in [0.29, 0.717) is 11.2 Å². The minimum atomic E-state index is -4.16. The van der Waals surface area contributed by atoms with Crippen LogP contribution in [0.1, 0.15) is 27.0 Å². The van der Waals surface area contributed by atoms with Crippen LogP contribution in [-0.4, -0.2) is 79.0 Å². The third kappa shape index (κ3) is 4.43. The minimum Gasteiger partial charge on any atom is -0.394 e. The fourth-order valence-corrected chi connectivity index (χ4v) is 4.52. The molecule has 2 aromatic rings. The highest BCUT2D eigenvalue weighted by Gasteiger charge is 2.57. The topological polar surface area (TPSA) is 158 Å². The van der Waals surface area contributed by atoms with E-state index in [-0.39, 0.29) is 12.4 Å². The number of hydrogen-bond acceptors (Lipinski definition) is 10. The molecule has 4 N–H and O–H groups in total. The van der Waals surface area contributed by atoms with Crippen LogP contribution in [0.25, 0.3) is 11.2 Å². The van der Waals surface area contributed by atoms with Crippen LogP contribution in [0.4, 0.5) is 5.82 Å². The molecule has 0 saturated carbocycles. The van der Waals surface area contributed by atoms with Crippen LogP contribution >= 0.6 is 7.82 Å². The van der Waals surface area contributed by atoms with Crippen molar-refractivity contribution in [2.24, 2.45) is 0 Å². The maximum absolute atomic E-state index is 11.6. The van der Waals surface area contributed by atoms with Crippen molar-refractivity contribution in [1.82, 2.24) is 24.4 Å². The van der Waals surface area contributed by atoms with Crippen molar-refractivity contribution >= 4 is 24.8 Å². The third-order valence-corrected chi connectivity index (χ3v) is 6.00. The highest BCUT2D eigenvalue weighted by molar-refractivity contribution is 7.47. The van der Waals surface area contributed by atoms with Gasteiger partial charge in [0.25, 0.3) is 0 Å². The molecule has 4 heterocycles. The number of phosphoric ester groups is 1. The average molecular weight is 430 g/mol. The molecule has 2 aliphatic rings. The van der Waals surface area contributed by atoms with Crippen LogP contribution in [0.15, 0.2) is 12.7 Å². The third-order valence-electron chi connectivity index (χ3n) is 4.98. The number of hydrogen-bond donors (Lipinski definition) is 3. The summed E-state index contributed by atoms with van der Waals surface area (Å²) in [4.78, 5) is 23.9. The van der Waals surface area contributed by atoms with E-state index in [9.17, 15) is 14.6 Å². The monoisotopic (exact) mass is 430 g/mol. The van der Waals surface area contributed by atoms with E-state index in [0.717, 1.165) is 0 Å². The molecule has 2 fully saturated rings. The van der Waals surface area contributed by atoms with E-state index in [1.807, 2.05) is 0 Å². The van der Waals surface area contributed by atoms with Gasteiger partial charge in [0, 0.05) is 0 Å². The van der Waals surface area contributed by atoms with Gasteiger partial charge in [0.05, 0.1) is 12.9 Å². The van der Waals surface area contributed by atoms with E-state index in [4.69, 9.17) is 19.5 Å². The summed E-state index contributed by atoms with van der Waals surface area (Å²) in [6.07, 6.45) is -0.668. The summed E-state index contributed by atoms with van der Waals surface area (Å²) in [5.74, 6) is 0.202. The predicted molar refractivity (Wildman–Crippen MR) is 104 cm³/mol. The summed E-state index contributed by atoms with van der Waals surface area (Å²) < 4.78 is 28.8. The highest BCUT2D eigenvalue weighted by atomic mass is 31.2. The number of nitrogens with two attached hydrogens (primary N) is 1. The summed E-state index contributed by atoms with van der Waals surface area (Å²) >= 11 is 0. The molecule has 0 aromatic carbocycles. The first kappa shape index (κ1) is 22.0. The number of rotatable bonds is 5. The van der Waals surface area contributed by atoms with Gasteiger partial charge in [-0.1, -0.05) is 20.8 Å². The zero-order valence-corrected chi connectivity index (χ0v) is 17.5. The number of phosphoric acid groups is 1. The van der Waals surface area contributed by atoms with Gasteiger partial charge in [0.1, 0.15) is 30.2 Å². The van der Waals surface area contributed by atoms with Gasteiger partial charge in [0.15, 0.2) is 17.7 Å². The molecule has 2 aromatic heterocycles. The van der Waals surface area contributed by atoms with Crippen molar-refractivity contribution in [2.75, 3.05) is 32.0 Å². The second-order valence-electron chi connectivity index (χ2n) is 6.56. The van der Waals surface area contributed by atoms with Crippen molar-refractivity contribution in [3.8, 4) is 0 Å². The summed E-state index contributed by atoms with van der Waals surface area (Å²) in [5, 5.41) is 9.35. The van der Waals surface area contributed by atoms with Gasteiger partial charge < -0.3 is 25.4 Å². The lowest BCUT2D eigenvalue weighted by molar-refractivity contribution is -0.0589. The molecule has 5 atom stereocenters. The van der Waals surface area contributed by atoms with E-state index in [2.05, 4.69) is 40.6 Å². The molecule has 4 rings (SSSR count). The molecule has 13 heteroatoms. The Bertz CT molecular complexity index is 871. The molecule has 0 spiro atoms. The quantitative estimate of drug-likeness (QED) is 0.568. The zero-order chi connectivity index (χ0) is 21.2. The Morgan fingerprint density at radius 1 is 1.17 bits per heavy atom. The molecule has 0 aliphatic carbocycles. The molecular weight excluding hydrogens is 403 g/mol. The van der Waals surface area contributed by atoms with Gasteiger partial charge in [-0.05, 0) is 19.6 Å². The minimum absolute atomic E-state index is 0.202. The molecule has 162 valence electrons. The van der Waals surface area contributed by atoms with Gasteiger partial charge >= 0.3 is 7.82 Å². The van der Waals surface area contributed by atoms with Gasteiger partial charge in [-0.2, -0.15) is 0 Å². The summed E-state index contributed by atoms with van der Waals surface area (Å²) in [5.41, 5.74) is 6.49. The van der Waals surface area contributed by atoms with Crippen LogP contribution < -0.4 is 5.73 Å². The molecule has 0 radical (unpaired) electrons. The summed E-state index contributed by atoms with van der Waals surface area (Å²) in [6, 6.07) is 0. The Morgan fingerprint density at radius 3 is 2.41 bits per heavy atom. The first-order valence-electron chi connectivity index (χ1n) is 9.46. The first-order chi connectivity index (χ1) is 13.8. The molecule has 12 nitrogen and oxygen atoms in total. The van der Waals surface area contributed by atoms with Crippen LogP contribution in [0.2, 0.25) is 0 Å². The van der Waals surface area contributed by atoms with Crippen LogP contribution in [0, 0.1) is 0 Å². The standard InChI is InChI=1S/C10H12N5O6P.C6H15N/c11-8-5-9(13-2-12-8)15(3-14-5)10-7-6(4(1-16)19-10)20-22(17,18)21-7;1-4-7(5-2)6-3/h2-4,6-7,10,16H,1H2,(H,17,18)(H2,11,12,13);4-6H2,1-3H3/t4-,6-,7-,10-;/m1./s1. The van der Waals surface area contributed by atoms with E-state index < -0.39 is 32.4 Å². The number of anilines is 1. The molecular formula is C16H27N6O6P. The van der Waals surface area contributed by atoms with Crippen molar-refractivity contribution in [1.29, 1.82) is 0 Å². The van der Waals surface area contributed by atoms with Gasteiger partial charge in [-0.3, -0.25) is 13.6 Å². The lowest BCUT2D eigenvalue weighted by atomic mass is 10.1. The highest BCUT2D eigenvalue weighted by Crippen LogP contribution is 2.58. The molecule has 0 bridgehead atoms. The smallest absolute Gasteiger partial charge is 0.394 e. The largest absolute Gasteiger partial charge is 0.473 e. The van der Waals surface area contributed by atoms with Gasteiger partial charge in [-0.15, -0.1) is 0 Å². The second-order valence-corrected chi connectivity index (χ2v) is 7.92. The zero-order valence-electron chi connectivity index (χ0n) is 16.6. The number of aliphatic hydroxyl groups excluding tert-OH is 1. The first-order valence-corrected chi connectivity index (χ1v) is 11.0. The maximum atomic E-state index is 11.6. The molecule has 2 saturated heterocycles.